The first-order valence-corrected chi connectivity index (χ1v) is 5.85. The molecule has 0 unspecified atom stereocenters. The molecule has 6 heteroatoms. The van der Waals surface area contributed by atoms with Crippen molar-refractivity contribution in [3.8, 4) is 23.3 Å². The summed E-state index contributed by atoms with van der Waals surface area (Å²) in [5.41, 5.74) is -0.456. The fourth-order valence-corrected chi connectivity index (χ4v) is 1.76. The number of aromatic carboxylic acids is 1. The van der Waals surface area contributed by atoms with Crippen molar-refractivity contribution in [1.82, 2.24) is 0 Å². The molecule has 0 aliphatic rings. The molecule has 0 fully saturated rings. The number of benzene rings is 2. The number of carboxylic acid groups (broad SMARTS) is 1. The molecule has 0 saturated heterocycles. The van der Waals surface area contributed by atoms with Crippen LogP contribution in [-0.2, 0) is 0 Å². The third kappa shape index (κ3) is 2.77. The third-order valence-electron chi connectivity index (χ3n) is 2.73. The standard InChI is InChI=1S/C15H10FNO4/c1-20-13-7-2-4-9(15(18)19)14(13)21-12-6-3-5-11(16)10(12)8-17/h2-7H,1H3,(H,18,19). The van der Waals surface area contributed by atoms with Gasteiger partial charge in [0, 0.05) is 0 Å². The van der Waals surface area contributed by atoms with Crippen LogP contribution in [0.4, 0.5) is 4.39 Å². The number of hydrogen-bond donors (Lipinski definition) is 1. The van der Waals surface area contributed by atoms with E-state index in [0.717, 1.165) is 6.07 Å². The molecule has 106 valence electrons. The summed E-state index contributed by atoms with van der Waals surface area (Å²) in [6.07, 6.45) is 0. The predicted octanol–water partition coefficient (Wildman–Crippen LogP) is 3.20. The third-order valence-corrected chi connectivity index (χ3v) is 2.73. The number of ether oxygens (including phenoxy) is 2. The van der Waals surface area contributed by atoms with Crippen molar-refractivity contribution in [3.05, 3.63) is 53.3 Å². The highest BCUT2D eigenvalue weighted by atomic mass is 19.1. The SMILES string of the molecule is COc1cccc(C(=O)O)c1Oc1cccc(F)c1C#N. The van der Waals surface area contributed by atoms with Gasteiger partial charge in [0.05, 0.1) is 7.11 Å². The van der Waals surface area contributed by atoms with Gasteiger partial charge in [0.15, 0.2) is 11.5 Å². The lowest BCUT2D eigenvalue weighted by atomic mass is 10.1. The van der Waals surface area contributed by atoms with E-state index in [4.69, 9.17) is 14.7 Å². The van der Waals surface area contributed by atoms with E-state index in [1.54, 1.807) is 6.07 Å². The van der Waals surface area contributed by atoms with E-state index in [9.17, 15) is 14.3 Å². The zero-order chi connectivity index (χ0) is 15.4. The first-order chi connectivity index (χ1) is 10.1. The Kier molecular flexibility index (Phi) is 4.05. The fraction of sp³-hybridized carbons (Fsp3) is 0.0667. The smallest absolute Gasteiger partial charge is 0.339 e. The van der Waals surface area contributed by atoms with Crippen LogP contribution in [-0.4, -0.2) is 18.2 Å². The molecule has 0 aliphatic heterocycles. The zero-order valence-electron chi connectivity index (χ0n) is 11.0. The van der Waals surface area contributed by atoms with Crippen molar-refractivity contribution in [2.45, 2.75) is 0 Å². The van der Waals surface area contributed by atoms with E-state index in [1.807, 2.05) is 0 Å². The summed E-state index contributed by atoms with van der Waals surface area (Å²) in [6.45, 7) is 0. The van der Waals surface area contributed by atoms with Crippen LogP contribution >= 0.6 is 0 Å². The second-order valence-electron chi connectivity index (χ2n) is 3.97. The Morgan fingerprint density at radius 1 is 1.24 bits per heavy atom. The van der Waals surface area contributed by atoms with Crippen LogP contribution in [0.2, 0.25) is 0 Å². The number of carbonyl (C=O) groups is 1. The minimum Gasteiger partial charge on any atom is -0.493 e. The van der Waals surface area contributed by atoms with Crippen LogP contribution in [0.15, 0.2) is 36.4 Å². The van der Waals surface area contributed by atoms with E-state index in [0.29, 0.717) is 0 Å². The molecule has 0 saturated carbocycles. The largest absolute Gasteiger partial charge is 0.493 e. The summed E-state index contributed by atoms with van der Waals surface area (Å²) in [5, 5.41) is 18.1. The molecule has 0 spiro atoms. The van der Waals surface area contributed by atoms with Crippen molar-refractivity contribution < 1.29 is 23.8 Å². The number of hydrogen-bond acceptors (Lipinski definition) is 4. The monoisotopic (exact) mass is 287 g/mol. The number of halogens is 1. The van der Waals surface area contributed by atoms with Gasteiger partial charge in [-0.05, 0) is 24.3 Å². The first-order valence-electron chi connectivity index (χ1n) is 5.85. The fourth-order valence-electron chi connectivity index (χ4n) is 1.76. The summed E-state index contributed by atoms with van der Waals surface area (Å²) in [6, 6.07) is 9.86. The Hall–Kier alpha value is -3.07. The van der Waals surface area contributed by atoms with Gasteiger partial charge in [-0.15, -0.1) is 0 Å². The van der Waals surface area contributed by atoms with E-state index < -0.39 is 11.8 Å². The van der Waals surface area contributed by atoms with Gasteiger partial charge >= 0.3 is 5.97 Å². The van der Waals surface area contributed by atoms with Gasteiger partial charge in [-0.1, -0.05) is 12.1 Å². The van der Waals surface area contributed by atoms with E-state index in [2.05, 4.69) is 0 Å². The highest BCUT2D eigenvalue weighted by molar-refractivity contribution is 5.92. The first kappa shape index (κ1) is 14.3. The van der Waals surface area contributed by atoms with Crippen molar-refractivity contribution in [2.24, 2.45) is 0 Å². The van der Waals surface area contributed by atoms with Gasteiger partial charge in [0.2, 0.25) is 0 Å². The van der Waals surface area contributed by atoms with Gasteiger partial charge in [0.1, 0.15) is 28.8 Å². The van der Waals surface area contributed by atoms with Crippen LogP contribution < -0.4 is 9.47 Å². The summed E-state index contributed by atoms with van der Waals surface area (Å²) < 4.78 is 24.0. The number of methoxy groups -OCH3 is 1. The number of rotatable bonds is 4. The van der Waals surface area contributed by atoms with E-state index in [1.165, 1.54) is 37.4 Å². The molecule has 1 N–H and O–H groups in total. The lowest BCUT2D eigenvalue weighted by molar-refractivity contribution is 0.0693. The minimum atomic E-state index is -1.22. The molecule has 0 bridgehead atoms. The highest BCUT2D eigenvalue weighted by Gasteiger charge is 2.19. The number of para-hydroxylation sites is 1. The summed E-state index contributed by atoms with van der Waals surface area (Å²) in [4.78, 5) is 11.2. The molecule has 0 atom stereocenters. The average molecular weight is 287 g/mol. The molecule has 0 heterocycles. The second-order valence-corrected chi connectivity index (χ2v) is 3.97. The molecule has 21 heavy (non-hydrogen) atoms. The van der Waals surface area contributed by atoms with Crippen LogP contribution in [0.25, 0.3) is 0 Å². The maximum Gasteiger partial charge on any atom is 0.339 e. The quantitative estimate of drug-likeness (QED) is 0.934. The molecule has 2 aromatic carbocycles. The molecule has 0 aliphatic carbocycles. The second kappa shape index (κ2) is 5.92. The maximum atomic E-state index is 13.5. The van der Waals surface area contributed by atoms with Crippen molar-refractivity contribution in [2.75, 3.05) is 7.11 Å². The van der Waals surface area contributed by atoms with Crippen LogP contribution in [0.3, 0.4) is 0 Å². The Labute approximate surface area is 119 Å². The van der Waals surface area contributed by atoms with Crippen LogP contribution in [0, 0.1) is 17.1 Å². The van der Waals surface area contributed by atoms with E-state index in [-0.39, 0.29) is 28.4 Å². The number of nitriles is 1. The minimum absolute atomic E-state index is 0.0792. The zero-order valence-corrected chi connectivity index (χ0v) is 11.0. The topological polar surface area (TPSA) is 79.6 Å². The van der Waals surface area contributed by atoms with Gasteiger partial charge in [-0.3, -0.25) is 0 Å². The van der Waals surface area contributed by atoms with Crippen molar-refractivity contribution in [1.29, 1.82) is 5.26 Å². The number of carboxylic acids is 1. The summed E-state index contributed by atoms with van der Waals surface area (Å²) in [5.74, 6) is -1.97. The Morgan fingerprint density at radius 3 is 2.52 bits per heavy atom. The Morgan fingerprint density at radius 2 is 1.90 bits per heavy atom. The average Bonchev–Trinajstić information content (AvgIpc) is 2.47. The van der Waals surface area contributed by atoms with Gasteiger partial charge in [-0.25, -0.2) is 9.18 Å². The molecule has 0 amide bonds. The van der Waals surface area contributed by atoms with Crippen molar-refractivity contribution in [3.63, 3.8) is 0 Å². The predicted molar refractivity (Wildman–Crippen MR) is 71.1 cm³/mol. The highest BCUT2D eigenvalue weighted by Crippen LogP contribution is 2.36. The number of nitrogens with zero attached hydrogens (tertiary/aromatic N) is 1. The molecular formula is C15H10FNO4. The van der Waals surface area contributed by atoms with Crippen molar-refractivity contribution >= 4 is 5.97 Å². The van der Waals surface area contributed by atoms with Crippen LogP contribution in [0.1, 0.15) is 15.9 Å². The Bertz CT molecular complexity index is 737. The van der Waals surface area contributed by atoms with Gasteiger partial charge < -0.3 is 14.6 Å². The summed E-state index contributed by atoms with van der Waals surface area (Å²) in [7, 11) is 1.35. The Balaban J connectivity index is 2.57. The molecule has 0 radical (unpaired) electrons. The van der Waals surface area contributed by atoms with Crippen LogP contribution in [0.5, 0.6) is 17.2 Å². The van der Waals surface area contributed by atoms with Gasteiger partial charge in [-0.2, -0.15) is 5.26 Å². The molecule has 2 aromatic rings. The lowest BCUT2D eigenvalue weighted by Crippen LogP contribution is -2.03. The van der Waals surface area contributed by atoms with E-state index >= 15 is 0 Å². The molecule has 5 nitrogen and oxygen atoms in total. The van der Waals surface area contributed by atoms with Gasteiger partial charge in [0.25, 0.3) is 0 Å². The molecular weight excluding hydrogens is 277 g/mol. The summed E-state index contributed by atoms with van der Waals surface area (Å²) >= 11 is 0. The normalized spacial score (nSPS) is 9.76. The maximum absolute atomic E-state index is 13.5. The lowest BCUT2D eigenvalue weighted by Gasteiger charge is -2.13. The molecule has 2 rings (SSSR count). The molecule has 0 aromatic heterocycles.